The molecule has 0 radical (unpaired) electrons. The lowest BCUT2D eigenvalue weighted by Crippen LogP contribution is -2.35. The predicted octanol–water partition coefficient (Wildman–Crippen LogP) is 8.88. The lowest BCUT2D eigenvalue weighted by Gasteiger charge is -2.40. The van der Waals surface area contributed by atoms with Crippen LogP contribution in [0.15, 0.2) is 91.0 Å². The van der Waals surface area contributed by atoms with Gasteiger partial charge in [0.25, 0.3) is 0 Å². The first-order chi connectivity index (χ1) is 15.7. The quantitative estimate of drug-likeness (QED) is 0.347. The van der Waals surface area contributed by atoms with Gasteiger partial charge in [0.05, 0.1) is 0 Å². The van der Waals surface area contributed by atoms with Crippen molar-refractivity contribution in [1.29, 1.82) is 0 Å². The van der Waals surface area contributed by atoms with E-state index in [2.05, 4.69) is 138 Å². The van der Waals surface area contributed by atoms with Gasteiger partial charge in [0.1, 0.15) is 0 Å². The Kier molecular flexibility index (Phi) is 6.52. The Balaban J connectivity index is 1.44. The molecule has 3 aromatic carbocycles. The number of nitrogens with one attached hydrogen (secondary N) is 1. The molecular formula is C32H39N. The van der Waals surface area contributed by atoms with E-state index >= 15 is 0 Å². The van der Waals surface area contributed by atoms with Crippen molar-refractivity contribution in [2.45, 2.75) is 58.8 Å². The second kappa shape index (κ2) is 9.21. The third kappa shape index (κ3) is 4.78. The second-order valence-corrected chi connectivity index (χ2v) is 11.0. The van der Waals surface area contributed by atoms with Crippen LogP contribution in [0, 0.1) is 17.8 Å². The minimum Gasteiger partial charge on any atom is -0.356 e. The first kappa shape index (κ1) is 23.4. The highest BCUT2D eigenvalue weighted by atomic mass is 14.9. The summed E-state index contributed by atoms with van der Waals surface area (Å²) >= 11 is 0. The molecule has 0 fully saturated rings. The number of anilines is 2. The molecule has 0 saturated carbocycles. The fourth-order valence-electron chi connectivity index (χ4n) is 5.12. The first-order valence-electron chi connectivity index (χ1n) is 12.4. The van der Waals surface area contributed by atoms with Crippen LogP contribution >= 0.6 is 0 Å². The zero-order valence-corrected chi connectivity index (χ0v) is 21.1. The van der Waals surface area contributed by atoms with Crippen LogP contribution in [0.2, 0.25) is 0 Å². The molecule has 172 valence electrons. The van der Waals surface area contributed by atoms with Gasteiger partial charge in [-0.15, -0.1) is 0 Å². The van der Waals surface area contributed by atoms with Gasteiger partial charge < -0.3 is 5.32 Å². The van der Waals surface area contributed by atoms with Crippen molar-refractivity contribution in [1.82, 2.24) is 0 Å². The smallest absolute Gasteiger partial charge is 0.0384 e. The normalized spacial score (nSPS) is 17.8. The van der Waals surface area contributed by atoms with Gasteiger partial charge >= 0.3 is 0 Å². The van der Waals surface area contributed by atoms with Gasteiger partial charge in [-0.1, -0.05) is 108 Å². The molecule has 33 heavy (non-hydrogen) atoms. The largest absolute Gasteiger partial charge is 0.356 e. The lowest BCUT2D eigenvalue weighted by atomic mass is 9.64. The molecule has 3 aromatic rings. The van der Waals surface area contributed by atoms with Crippen LogP contribution in [-0.2, 0) is 10.8 Å². The number of benzene rings is 3. The maximum atomic E-state index is 3.58. The maximum Gasteiger partial charge on any atom is 0.0384 e. The Morgan fingerprint density at radius 3 is 1.67 bits per heavy atom. The summed E-state index contributed by atoms with van der Waals surface area (Å²) in [5, 5.41) is 3.58. The summed E-state index contributed by atoms with van der Waals surface area (Å²) in [6.45, 7) is 14.2. The number of hydrogen-bond donors (Lipinski definition) is 1. The van der Waals surface area contributed by atoms with Gasteiger partial charge in [0, 0.05) is 16.8 Å². The van der Waals surface area contributed by atoms with Crippen LogP contribution in [0.5, 0.6) is 0 Å². The monoisotopic (exact) mass is 437 g/mol. The van der Waals surface area contributed by atoms with Gasteiger partial charge in [-0.3, -0.25) is 0 Å². The zero-order valence-electron chi connectivity index (χ0n) is 21.1. The van der Waals surface area contributed by atoms with Gasteiger partial charge in [-0.05, 0) is 70.5 Å². The molecule has 2 unspecified atom stereocenters. The maximum absolute atomic E-state index is 3.58. The highest BCUT2D eigenvalue weighted by Crippen LogP contribution is 2.42. The highest BCUT2D eigenvalue weighted by Gasteiger charge is 2.35. The van der Waals surface area contributed by atoms with Gasteiger partial charge in [-0.25, -0.2) is 0 Å². The van der Waals surface area contributed by atoms with Gasteiger partial charge in [-0.2, -0.15) is 0 Å². The van der Waals surface area contributed by atoms with Crippen molar-refractivity contribution in [3.05, 3.63) is 108 Å². The predicted molar refractivity (Wildman–Crippen MR) is 143 cm³/mol. The standard InChI is InChI=1S/C32H39N/c1-23(25-11-10-12-25)24(2)31(3,4)27-15-19-29(20-16-27)33-30-21-17-28(18-22-30)32(5,6)26-13-8-7-9-14-26/h7-11,13-25,33H,12H2,1-6H3/t23-,24?,25?/m1/s1. The highest BCUT2D eigenvalue weighted by molar-refractivity contribution is 5.61. The molecule has 0 aliphatic heterocycles. The summed E-state index contributed by atoms with van der Waals surface area (Å²) < 4.78 is 0. The summed E-state index contributed by atoms with van der Waals surface area (Å²) in [5.41, 5.74) is 6.44. The Hall–Kier alpha value is -2.80. The molecule has 0 bridgehead atoms. The Bertz CT molecular complexity index is 1070. The van der Waals surface area contributed by atoms with Gasteiger partial charge in [0.2, 0.25) is 0 Å². The Morgan fingerprint density at radius 2 is 1.18 bits per heavy atom. The van der Waals surface area contributed by atoms with E-state index in [0.29, 0.717) is 11.8 Å². The zero-order chi connectivity index (χ0) is 23.6. The molecule has 1 heteroatoms. The third-order valence-electron chi connectivity index (χ3n) is 8.41. The molecule has 1 N–H and O–H groups in total. The average Bonchev–Trinajstić information content (AvgIpc) is 2.78. The summed E-state index contributed by atoms with van der Waals surface area (Å²) in [4.78, 5) is 0. The minimum atomic E-state index is -0.0177. The Labute approximate surface area is 201 Å². The van der Waals surface area contributed by atoms with Crippen LogP contribution < -0.4 is 5.32 Å². The van der Waals surface area contributed by atoms with E-state index < -0.39 is 0 Å². The number of rotatable bonds is 8. The molecule has 4 rings (SSSR count). The molecule has 0 amide bonds. The van der Waals surface area contributed by atoms with Crippen molar-refractivity contribution in [3.8, 4) is 0 Å². The fourth-order valence-corrected chi connectivity index (χ4v) is 5.12. The van der Waals surface area contributed by atoms with Crippen molar-refractivity contribution in [2.24, 2.45) is 17.8 Å². The molecular weight excluding hydrogens is 398 g/mol. The van der Waals surface area contributed by atoms with E-state index in [1.807, 2.05) is 0 Å². The van der Waals surface area contributed by atoms with Crippen molar-refractivity contribution >= 4 is 11.4 Å². The van der Waals surface area contributed by atoms with E-state index in [-0.39, 0.29) is 10.8 Å². The van der Waals surface area contributed by atoms with E-state index in [4.69, 9.17) is 0 Å². The average molecular weight is 438 g/mol. The third-order valence-corrected chi connectivity index (χ3v) is 8.41. The number of allylic oxidation sites excluding steroid dienone is 2. The van der Waals surface area contributed by atoms with Crippen LogP contribution in [0.3, 0.4) is 0 Å². The van der Waals surface area contributed by atoms with Crippen LogP contribution in [0.1, 0.15) is 64.7 Å². The molecule has 0 heterocycles. The Morgan fingerprint density at radius 1 is 0.697 bits per heavy atom. The molecule has 1 aliphatic rings. The van der Waals surface area contributed by atoms with E-state index in [1.54, 1.807) is 0 Å². The summed E-state index contributed by atoms with van der Waals surface area (Å²) in [6.07, 6.45) is 5.93. The van der Waals surface area contributed by atoms with Crippen molar-refractivity contribution in [3.63, 3.8) is 0 Å². The van der Waals surface area contributed by atoms with E-state index in [0.717, 1.165) is 17.3 Å². The second-order valence-electron chi connectivity index (χ2n) is 11.0. The number of hydrogen-bond acceptors (Lipinski definition) is 1. The van der Waals surface area contributed by atoms with Crippen molar-refractivity contribution in [2.75, 3.05) is 5.32 Å². The van der Waals surface area contributed by atoms with Crippen LogP contribution in [-0.4, -0.2) is 0 Å². The summed E-state index contributed by atoms with van der Waals surface area (Å²) in [7, 11) is 0. The fraction of sp³-hybridized carbons (Fsp3) is 0.375. The SMILES string of the molecule is CC([C@@H](C)C1C=CC1)C(C)(C)c1ccc(Nc2ccc(C(C)(C)c3ccccc3)cc2)cc1. The van der Waals surface area contributed by atoms with Crippen LogP contribution in [0.25, 0.3) is 0 Å². The molecule has 0 aromatic heterocycles. The van der Waals surface area contributed by atoms with Gasteiger partial charge in [0.15, 0.2) is 0 Å². The molecule has 1 aliphatic carbocycles. The molecule has 0 spiro atoms. The molecule has 1 nitrogen and oxygen atoms in total. The topological polar surface area (TPSA) is 12.0 Å². The lowest BCUT2D eigenvalue weighted by molar-refractivity contribution is 0.198. The van der Waals surface area contributed by atoms with Crippen LogP contribution in [0.4, 0.5) is 11.4 Å². The first-order valence-corrected chi connectivity index (χ1v) is 12.4. The summed E-state index contributed by atoms with van der Waals surface area (Å²) in [5.74, 6) is 2.06. The summed E-state index contributed by atoms with van der Waals surface area (Å²) in [6, 6.07) is 28.6. The van der Waals surface area contributed by atoms with E-state index in [1.165, 1.54) is 23.1 Å². The minimum absolute atomic E-state index is 0.0177. The molecule has 3 atom stereocenters. The molecule has 0 saturated heterocycles. The van der Waals surface area contributed by atoms with E-state index in [9.17, 15) is 0 Å². The van der Waals surface area contributed by atoms with Crippen molar-refractivity contribution < 1.29 is 0 Å².